The lowest BCUT2D eigenvalue weighted by Gasteiger charge is -2.14. The summed E-state index contributed by atoms with van der Waals surface area (Å²) < 4.78 is 31.4. The number of benzene rings is 2. The summed E-state index contributed by atoms with van der Waals surface area (Å²) in [5.41, 5.74) is 1.76. The largest absolute Gasteiger partial charge is 0.493 e. The summed E-state index contributed by atoms with van der Waals surface area (Å²) in [5.74, 6) is 1.69. The third-order valence-electron chi connectivity index (χ3n) is 4.62. The van der Waals surface area contributed by atoms with Crippen LogP contribution in [0.4, 0.5) is 0 Å². The van der Waals surface area contributed by atoms with E-state index < -0.39 is 18.7 Å². The van der Waals surface area contributed by atoms with Gasteiger partial charge in [-0.3, -0.25) is 0 Å². The van der Waals surface area contributed by atoms with Crippen molar-refractivity contribution in [3.05, 3.63) is 53.6 Å². The summed E-state index contributed by atoms with van der Waals surface area (Å²) in [4.78, 5) is 0. The number of rotatable bonds is 16. The summed E-state index contributed by atoms with van der Waals surface area (Å²) in [6.45, 7) is 0.583. The van der Waals surface area contributed by atoms with Gasteiger partial charge in [-0.05, 0) is 35.4 Å². The predicted octanol–water partition coefficient (Wildman–Crippen LogP) is 2.32. The van der Waals surface area contributed by atoms with E-state index >= 15 is 0 Å². The van der Waals surface area contributed by atoms with Gasteiger partial charge in [0.1, 0.15) is 36.6 Å². The molecule has 0 heterocycles. The monoisotopic (exact) mass is 478 g/mol. The molecule has 0 aliphatic rings. The molecule has 2 aromatic carbocycles. The van der Waals surface area contributed by atoms with Gasteiger partial charge < -0.3 is 43.7 Å². The average Bonchev–Trinajstić information content (AvgIpc) is 2.85. The Morgan fingerprint density at radius 1 is 0.676 bits per heavy atom. The van der Waals surface area contributed by atoms with Crippen molar-refractivity contribution in [2.45, 2.75) is 25.1 Å². The maximum atomic E-state index is 9.68. The first kappa shape index (κ1) is 27.6. The van der Waals surface area contributed by atoms with Crippen LogP contribution in [0.5, 0.6) is 17.2 Å². The van der Waals surface area contributed by atoms with Gasteiger partial charge in [0.2, 0.25) is 0 Å². The summed E-state index contributed by atoms with van der Waals surface area (Å²) in [6, 6.07) is 12.8. The molecule has 3 N–H and O–H groups in total. The minimum Gasteiger partial charge on any atom is -0.493 e. The van der Waals surface area contributed by atoms with Crippen LogP contribution in [0.2, 0.25) is 0 Å². The highest BCUT2D eigenvalue weighted by Gasteiger charge is 2.08. The average molecular weight is 479 g/mol. The van der Waals surface area contributed by atoms with Gasteiger partial charge >= 0.3 is 0 Å². The molecule has 0 aromatic heterocycles. The van der Waals surface area contributed by atoms with Gasteiger partial charge in [0, 0.05) is 33.8 Å². The van der Waals surface area contributed by atoms with Crippen LogP contribution in [0.3, 0.4) is 0 Å². The Morgan fingerprint density at radius 3 is 1.94 bits per heavy atom. The van der Waals surface area contributed by atoms with E-state index in [0.29, 0.717) is 23.7 Å². The fourth-order valence-corrected chi connectivity index (χ4v) is 2.79. The zero-order chi connectivity index (χ0) is 24.8. The quantitative estimate of drug-likeness (QED) is 0.247. The molecule has 0 spiro atoms. The van der Waals surface area contributed by atoms with Gasteiger partial charge in [-0.1, -0.05) is 24.3 Å². The molecule has 188 valence electrons. The molecule has 34 heavy (non-hydrogen) atoms. The maximum Gasteiger partial charge on any atom is 0.188 e. The maximum absolute atomic E-state index is 9.68. The van der Waals surface area contributed by atoms with Gasteiger partial charge in [0.05, 0.1) is 13.2 Å². The molecular weight excluding hydrogens is 444 g/mol. The second-order valence-corrected chi connectivity index (χ2v) is 7.39. The Hall–Kier alpha value is -2.66. The molecule has 0 aliphatic carbocycles. The number of aliphatic hydroxyl groups excluding tert-OH is 3. The van der Waals surface area contributed by atoms with Crippen molar-refractivity contribution in [3.63, 3.8) is 0 Å². The first-order valence-electron chi connectivity index (χ1n) is 10.8. The molecule has 0 fully saturated rings. The fourth-order valence-electron chi connectivity index (χ4n) is 2.79. The molecule has 9 nitrogen and oxygen atoms in total. The molecule has 0 aliphatic heterocycles. The summed E-state index contributed by atoms with van der Waals surface area (Å²) in [6.07, 6.45) is 1.51. The van der Waals surface area contributed by atoms with Crippen LogP contribution in [0.1, 0.15) is 17.5 Å². The van der Waals surface area contributed by atoms with Crippen LogP contribution in [-0.4, -0.2) is 81.8 Å². The van der Waals surface area contributed by atoms with Crippen molar-refractivity contribution < 1.29 is 43.7 Å². The van der Waals surface area contributed by atoms with E-state index in [1.165, 1.54) is 21.3 Å². The van der Waals surface area contributed by atoms with Crippen molar-refractivity contribution in [1.82, 2.24) is 0 Å². The highest BCUT2D eigenvalue weighted by atomic mass is 16.6. The second-order valence-electron chi connectivity index (χ2n) is 7.39. The first-order valence-corrected chi connectivity index (χ1v) is 10.8. The zero-order valence-electron chi connectivity index (χ0n) is 19.8. The summed E-state index contributed by atoms with van der Waals surface area (Å²) in [7, 11) is 4.34. The number of methoxy groups -OCH3 is 3. The van der Waals surface area contributed by atoms with Crippen LogP contribution >= 0.6 is 0 Å². The van der Waals surface area contributed by atoms with Crippen molar-refractivity contribution in [3.8, 4) is 17.2 Å². The molecule has 0 radical (unpaired) electrons. The molecule has 3 unspecified atom stereocenters. The minimum absolute atomic E-state index is 0.0357. The van der Waals surface area contributed by atoms with E-state index in [-0.39, 0.29) is 26.4 Å². The minimum atomic E-state index is -1.04. The lowest BCUT2D eigenvalue weighted by Crippen LogP contribution is -2.22. The Bertz CT molecular complexity index is 854. The highest BCUT2D eigenvalue weighted by molar-refractivity contribution is 5.71. The predicted molar refractivity (Wildman–Crippen MR) is 127 cm³/mol. The molecule has 0 saturated carbocycles. The third kappa shape index (κ3) is 10.5. The van der Waals surface area contributed by atoms with E-state index in [2.05, 4.69) is 0 Å². The number of aliphatic hydroxyl groups is 3. The van der Waals surface area contributed by atoms with Crippen molar-refractivity contribution in [2.75, 3.05) is 47.8 Å². The van der Waals surface area contributed by atoms with E-state index in [9.17, 15) is 15.3 Å². The van der Waals surface area contributed by atoms with Gasteiger partial charge in [-0.25, -0.2) is 0 Å². The Labute approximate surface area is 200 Å². The SMILES string of the molecule is COCC(O)COc1ccc(/C=C\c2cc(OCCC(O)OC)cc(OCC(O)OC)c2)cc1. The standard InChI is InChI=1S/C25H34O9/c1-29-15-20(26)16-33-21-8-6-18(7-9-21)4-5-19-12-22(32-11-10-24(27)30-2)14-23(13-19)34-17-25(28)31-3/h4-9,12-14,20,24-28H,10-11,15-17H2,1-3H3/b5-4-. The Morgan fingerprint density at radius 2 is 1.29 bits per heavy atom. The van der Waals surface area contributed by atoms with Crippen LogP contribution in [0.25, 0.3) is 12.2 Å². The Balaban J connectivity index is 2.06. The van der Waals surface area contributed by atoms with Gasteiger partial charge in [0.25, 0.3) is 0 Å². The van der Waals surface area contributed by atoms with Gasteiger partial charge in [-0.2, -0.15) is 0 Å². The van der Waals surface area contributed by atoms with E-state index in [1.54, 1.807) is 6.07 Å². The molecule has 0 amide bonds. The van der Waals surface area contributed by atoms with Gasteiger partial charge in [0.15, 0.2) is 12.6 Å². The van der Waals surface area contributed by atoms with E-state index in [1.807, 2.05) is 48.6 Å². The zero-order valence-corrected chi connectivity index (χ0v) is 19.8. The summed E-state index contributed by atoms with van der Waals surface area (Å²) in [5, 5.41) is 28.8. The van der Waals surface area contributed by atoms with Gasteiger partial charge in [-0.15, -0.1) is 0 Å². The van der Waals surface area contributed by atoms with Crippen LogP contribution in [-0.2, 0) is 14.2 Å². The van der Waals surface area contributed by atoms with Crippen LogP contribution in [0, 0.1) is 0 Å². The smallest absolute Gasteiger partial charge is 0.188 e. The van der Waals surface area contributed by atoms with Crippen molar-refractivity contribution >= 4 is 12.2 Å². The topological polar surface area (TPSA) is 116 Å². The number of hydrogen-bond donors (Lipinski definition) is 3. The Kier molecular flexibility index (Phi) is 12.4. The lowest BCUT2D eigenvalue weighted by atomic mass is 10.1. The fraction of sp³-hybridized carbons (Fsp3) is 0.440. The molecule has 2 aromatic rings. The van der Waals surface area contributed by atoms with Crippen molar-refractivity contribution in [1.29, 1.82) is 0 Å². The first-order chi connectivity index (χ1) is 16.4. The lowest BCUT2D eigenvalue weighted by molar-refractivity contribution is -0.0968. The molecule has 0 bridgehead atoms. The van der Waals surface area contributed by atoms with E-state index in [0.717, 1.165) is 11.1 Å². The molecule has 3 atom stereocenters. The molecule has 0 saturated heterocycles. The normalized spacial score (nSPS) is 14.1. The third-order valence-corrected chi connectivity index (χ3v) is 4.62. The number of hydrogen-bond acceptors (Lipinski definition) is 9. The number of ether oxygens (including phenoxy) is 6. The van der Waals surface area contributed by atoms with E-state index in [4.69, 9.17) is 28.4 Å². The molecular formula is C25H34O9. The summed E-state index contributed by atoms with van der Waals surface area (Å²) >= 11 is 0. The molecule has 9 heteroatoms. The highest BCUT2D eigenvalue weighted by Crippen LogP contribution is 2.25. The van der Waals surface area contributed by atoms with Crippen LogP contribution < -0.4 is 14.2 Å². The molecule has 2 rings (SSSR count). The second kappa shape index (κ2) is 15.3. The van der Waals surface area contributed by atoms with Crippen LogP contribution in [0.15, 0.2) is 42.5 Å². The van der Waals surface area contributed by atoms with Crippen molar-refractivity contribution in [2.24, 2.45) is 0 Å².